The van der Waals surface area contributed by atoms with Crippen LogP contribution in [-0.2, 0) is 24.0 Å². The summed E-state index contributed by atoms with van der Waals surface area (Å²) in [4.78, 5) is 0. The molecule has 1 aromatic carbocycles. The average molecular weight is 263 g/mol. The SMILES string of the molecule is Cc1ccc2c(c1)CN(S(=O)C(F)(F)F)CC2. The molecular formula is C11H12F3NOS. The summed E-state index contributed by atoms with van der Waals surface area (Å²) < 4.78 is 49.2. The molecule has 6 heteroatoms. The standard InChI is InChI=1S/C11H12F3NOS/c1-8-2-3-9-4-5-15(7-10(9)6-8)17(16)11(12,13)14/h2-3,6H,4-5,7H2,1H3. The molecule has 1 heterocycles. The lowest BCUT2D eigenvalue weighted by atomic mass is 9.99. The summed E-state index contributed by atoms with van der Waals surface area (Å²) in [6.45, 7) is 2.17. The molecule has 0 saturated heterocycles. The average Bonchev–Trinajstić information content (AvgIpc) is 2.25. The zero-order valence-electron chi connectivity index (χ0n) is 9.25. The van der Waals surface area contributed by atoms with Crippen molar-refractivity contribution in [3.05, 3.63) is 34.9 Å². The molecule has 0 N–H and O–H groups in total. The van der Waals surface area contributed by atoms with Crippen molar-refractivity contribution in [3.63, 3.8) is 0 Å². The molecule has 94 valence electrons. The van der Waals surface area contributed by atoms with E-state index in [1.807, 2.05) is 25.1 Å². The molecule has 0 aliphatic carbocycles. The summed E-state index contributed by atoms with van der Waals surface area (Å²) in [5, 5.41) is 0. The molecule has 1 aliphatic rings. The Bertz CT molecular complexity index is 459. The molecule has 1 aliphatic heterocycles. The third kappa shape index (κ3) is 2.69. The predicted octanol–water partition coefficient (Wildman–Crippen LogP) is 2.54. The van der Waals surface area contributed by atoms with Crippen LogP contribution in [0.1, 0.15) is 16.7 Å². The van der Waals surface area contributed by atoms with Gasteiger partial charge in [0, 0.05) is 13.1 Å². The van der Waals surface area contributed by atoms with E-state index < -0.39 is 16.5 Å². The predicted molar refractivity (Wildman–Crippen MR) is 59.5 cm³/mol. The molecule has 1 aromatic rings. The molecule has 0 amide bonds. The minimum atomic E-state index is -4.67. The van der Waals surface area contributed by atoms with Crippen LogP contribution in [0.5, 0.6) is 0 Å². The summed E-state index contributed by atoms with van der Waals surface area (Å²) in [5.41, 5.74) is -1.77. The van der Waals surface area contributed by atoms with Gasteiger partial charge in [0.2, 0.25) is 11.0 Å². The second-order valence-electron chi connectivity index (χ2n) is 4.08. The summed E-state index contributed by atoms with van der Waals surface area (Å²) in [6, 6.07) is 5.72. The molecule has 1 atom stereocenters. The lowest BCUT2D eigenvalue weighted by Gasteiger charge is -2.28. The van der Waals surface area contributed by atoms with E-state index in [9.17, 15) is 17.4 Å². The highest BCUT2D eigenvalue weighted by atomic mass is 32.2. The van der Waals surface area contributed by atoms with Crippen LogP contribution in [0.15, 0.2) is 18.2 Å². The Kier molecular flexibility index (Phi) is 3.27. The fourth-order valence-corrected chi connectivity index (χ4v) is 2.75. The number of fused-ring (bicyclic) bond motifs is 1. The van der Waals surface area contributed by atoms with E-state index in [1.165, 1.54) is 0 Å². The summed E-state index contributed by atoms with van der Waals surface area (Å²) in [7, 11) is -2.90. The Labute approximate surface area is 100 Å². The number of benzene rings is 1. The van der Waals surface area contributed by atoms with Crippen LogP contribution < -0.4 is 0 Å². The van der Waals surface area contributed by atoms with Crippen LogP contribution in [0.25, 0.3) is 0 Å². The molecule has 0 bridgehead atoms. The molecule has 2 nitrogen and oxygen atoms in total. The Balaban J connectivity index is 2.21. The van der Waals surface area contributed by atoms with Gasteiger partial charge < -0.3 is 0 Å². The smallest absolute Gasteiger partial charge is 0.233 e. The zero-order valence-corrected chi connectivity index (χ0v) is 10.1. The van der Waals surface area contributed by atoms with Crippen molar-refractivity contribution < 1.29 is 17.4 Å². The van der Waals surface area contributed by atoms with Gasteiger partial charge in [-0.15, -0.1) is 0 Å². The van der Waals surface area contributed by atoms with Crippen molar-refractivity contribution in [2.75, 3.05) is 6.54 Å². The summed E-state index contributed by atoms with van der Waals surface area (Å²) in [6.07, 6.45) is 0.511. The van der Waals surface area contributed by atoms with E-state index in [4.69, 9.17) is 0 Å². The maximum absolute atomic E-state index is 12.3. The van der Waals surface area contributed by atoms with Crippen molar-refractivity contribution >= 4 is 11.0 Å². The number of alkyl halides is 3. The van der Waals surface area contributed by atoms with E-state index in [2.05, 4.69) is 0 Å². The number of aryl methyl sites for hydroxylation is 1. The van der Waals surface area contributed by atoms with Gasteiger partial charge in [-0.25, -0.2) is 8.51 Å². The Morgan fingerprint density at radius 3 is 2.65 bits per heavy atom. The minimum absolute atomic E-state index is 0.100. The van der Waals surface area contributed by atoms with Gasteiger partial charge in [0.05, 0.1) is 0 Å². The van der Waals surface area contributed by atoms with Crippen molar-refractivity contribution in [2.24, 2.45) is 0 Å². The summed E-state index contributed by atoms with van der Waals surface area (Å²) in [5.74, 6) is 0. The largest absolute Gasteiger partial charge is 0.485 e. The van der Waals surface area contributed by atoms with Gasteiger partial charge in [-0.2, -0.15) is 13.2 Å². The highest BCUT2D eigenvalue weighted by Crippen LogP contribution is 2.28. The number of rotatable bonds is 1. The van der Waals surface area contributed by atoms with Crippen molar-refractivity contribution in [2.45, 2.75) is 25.4 Å². The van der Waals surface area contributed by atoms with Gasteiger partial charge in [-0.1, -0.05) is 23.8 Å². The molecule has 2 rings (SSSR count). The molecule has 0 radical (unpaired) electrons. The normalized spacial score (nSPS) is 18.8. The van der Waals surface area contributed by atoms with E-state index in [0.717, 1.165) is 21.0 Å². The number of hydrogen-bond acceptors (Lipinski definition) is 1. The van der Waals surface area contributed by atoms with E-state index >= 15 is 0 Å². The third-order valence-electron chi connectivity index (χ3n) is 2.77. The van der Waals surface area contributed by atoms with Gasteiger partial charge in [0.1, 0.15) is 0 Å². The molecule has 17 heavy (non-hydrogen) atoms. The van der Waals surface area contributed by atoms with Crippen LogP contribution >= 0.6 is 0 Å². The van der Waals surface area contributed by atoms with Gasteiger partial charge in [0.15, 0.2) is 0 Å². The quantitative estimate of drug-likeness (QED) is 0.762. The van der Waals surface area contributed by atoms with Crippen LogP contribution in [-0.4, -0.2) is 20.6 Å². The van der Waals surface area contributed by atoms with Crippen molar-refractivity contribution in [1.29, 1.82) is 0 Å². The number of halogens is 3. The first-order chi connectivity index (χ1) is 7.88. The number of nitrogens with zero attached hydrogens (tertiary/aromatic N) is 1. The second kappa shape index (κ2) is 4.42. The van der Waals surface area contributed by atoms with Crippen LogP contribution in [0.3, 0.4) is 0 Å². The van der Waals surface area contributed by atoms with Gasteiger partial charge in [-0.3, -0.25) is 0 Å². The monoisotopic (exact) mass is 263 g/mol. The summed E-state index contributed by atoms with van der Waals surface area (Å²) >= 11 is 0. The first-order valence-corrected chi connectivity index (χ1v) is 6.30. The third-order valence-corrected chi connectivity index (χ3v) is 3.95. The van der Waals surface area contributed by atoms with Crippen molar-refractivity contribution in [3.8, 4) is 0 Å². The highest BCUT2D eigenvalue weighted by molar-refractivity contribution is 7.83. The second-order valence-corrected chi connectivity index (χ2v) is 5.56. The highest BCUT2D eigenvalue weighted by Gasteiger charge is 2.42. The Morgan fingerprint density at radius 2 is 2.00 bits per heavy atom. The number of hydrogen-bond donors (Lipinski definition) is 0. The molecular weight excluding hydrogens is 251 g/mol. The van der Waals surface area contributed by atoms with Crippen molar-refractivity contribution in [1.82, 2.24) is 4.31 Å². The molecule has 0 aromatic heterocycles. The molecule has 0 spiro atoms. The van der Waals surface area contributed by atoms with E-state index in [0.29, 0.717) is 6.42 Å². The Morgan fingerprint density at radius 1 is 1.29 bits per heavy atom. The van der Waals surface area contributed by atoms with Crippen LogP contribution in [0.4, 0.5) is 13.2 Å². The van der Waals surface area contributed by atoms with Gasteiger partial charge in [0.25, 0.3) is 0 Å². The van der Waals surface area contributed by atoms with Crippen LogP contribution in [0, 0.1) is 6.92 Å². The fraction of sp³-hybridized carbons (Fsp3) is 0.455. The van der Waals surface area contributed by atoms with Gasteiger partial charge >= 0.3 is 5.51 Å². The Hall–Kier alpha value is -0.880. The molecule has 0 fully saturated rings. The van der Waals surface area contributed by atoms with E-state index in [-0.39, 0.29) is 13.1 Å². The lowest BCUT2D eigenvalue weighted by molar-refractivity contribution is -0.0431. The first-order valence-electron chi connectivity index (χ1n) is 5.20. The lowest BCUT2D eigenvalue weighted by Crippen LogP contribution is -2.38. The van der Waals surface area contributed by atoms with Gasteiger partial charge in [-0.05, 0) is 24.5 Å². The maximum atomic E-state index is 12.3. The van der Waals surface area contributed by atoms with Crippen LogP contribution in [0.2, 0.25) is 0 Å². The molecule has 0 saturated carbocycles. The topological polar surface area (TPSA) is 20.3 Å². The zero-order chi connectivity index (χ0) is 12.6. The molecule has 1 unspecified atom stereocenters. The first kappa shape index (κ1) is 12.6. The minimum Gasteiger partial charge on any atom is -0.233 e. The fourth-order valence-electron chi connectivity index (χ4n) is 1.95. The van der Waals surface area contributed by atoms with E-state index in [1.54, 1.807) is 0 Å². The maximum Gasteiger partial charge on any atom is 0.485 e.